The Labute approximate surface area is 107 Å². The van der Waals surface area contributed by atoms with Crippen molar-refractivity contribution in [2.45, 2.75) is 25.8 Å². The van der Waals surface area contributed by atoms with E-state index >= 15 is 0 Å². The molecular formula is C12H17FN2O2S. The van der Waals surface area contributed by atoms with E-state index in [-0.39, 0.29) is 17.6 Å². The average molecular weight is 272 g/mol. The lowest BCUT2D eigenvalue weighted by molar-refractivity contribution is 0.581. The lowest BCUT2D eigenvalue weighted by Gasteiger charge is -2.13. The molecule has 0 bridgehead atoms. The fourth-order valence-corrected chi connectivity index (χ4v) is 3.48. The number of aryl methyl sites for hydroxylation is 1. The summed E-state index contributed by atoms with van der Waals surface area (Å²) in [6, 6.07) is 4.21. The Morgan fingerprint density at radius 3 is 2.89 bits per heavy atom. The SMILES string of the molecule is Cc1cc(NS(=O)(=O)CC2CCCN2)ccc1F. The van der Waals surface area contributed by atoms with Crippen molar-refractivity contribution in [1.82, 2.24) is 5.32 Å². The van der Waals surface area contributed by atoms with Gasteiger partial charge in [-0.15, -0.1) is 0 Å². The normalized spacial score (nSPS) is 20.0. The summed E-state index contributed by atoms with van der Waals surface area (Å²) in [4.78, 5) is 0. The van der Waals surface area contributed by atoms with Gasteiger partial charge in [-0.3, -0.25) is 4.72 Å². The van der Waals surface area contributed by atoms with Crippen molar-refractivity contribution in [3.8, 4) is 0 Å². The predicted molar refractivity (Wildman–Crippen MR) is 69.6 cm³/mol. The molecule has 1 fully saturated rings. The summed E-state index contributed by atoms with van der Waals surface area (Å²) in [5.74, 6) is -0.279. The van der Waals surface area contributed by atoms with E-state index in [1.54, 1.807) is 6.92 Å². The van der Waals surface area contributed by atoms with Crippen molar-refractivity contribution in [2.75, 3.05) is 17.0 Å². The molecule has 1 unspecified atom stereocenters. The Morgan fingerprint density at radius 1 is 1.50 bits per heavy atom. The molecule has 1 saturated heterocycles. The summed E-state index contributed by atoms with van der Waals surface area (Å²) in [6.45, 7) is 2.47. The fraction of sp³-hybridized carbons (Fsp3) is 0.500. The zero-order valence-electron chi connectivity index (χ0n) is 10.2. The van der Waals surface area contributed by atoms with Crippen LogP contribution in [-0.4, -0.2) is 26.8 Å². The molecule has 1 aliphatic rings. The molecule has 0 radical (unpaired) electrons. The minimum absolute atomic E-state index is 0.0176. The van der Waals surface area contributed by atoms with Gasteiger partial charge >= 0.3 is 0 Å². The smallest absolute Gasteiger partial charge is 0.234 e. The first-order valence-electron chi connectivity index (χ1n) is 5.96. The lowest BCUT2D eigenvalue weighted by atomic mass is 10.2. The van der Waals surface area contributed by atoms with Crippen LogP contribution in [0.3, 0.4) is 0 Å². The molecule has 2 N–H and O–H groups in total. The van der Waals surface area contributed by atoms with Crippen molar-refractivity contribution in [1.29, 1.82) is 0 Å². The summed E-state index contributed by atoms with van der Waals surface area (Å²) in [5.41, 5.74) is 0.834. The third kappa shape index (κ3) is 3.43. The first kappa shape index (κ1) is 13.3. The molecule has 1 aromatic rings. The van der Waals surface area contributed by atoms with E-state index in [9.17, 15) is 12.8 Å². The average Bonchev–Trinajstić information content (AvgIpc) is 2.75. The minimum Gasteiger partial charge on any atom is -0.313 e. The topological polar surface area (TPSA) is 58.2 Å². The van der Waals surface area contributed by atoms with Crippen LogP contribution in [0.15, 0.2) is 18.2 Å². The largest absolute Gasteiger partial charge is 0.313 e. The van der Waals surface area contributed by atoms with Crippen LogP contribution in [0, 0.1) is 12.7 Å². The first-order chi connectivity index (χ1) is 8.46. The standard InChI is InChI=1S/C12H17FN2O2S/c1-9-7-10(4-5-12(9)13)15-18(16,17)8-11-3-2-6-14-11/h4-5,7,11,14-15H,2-3,6,8H2,1H3. The summed E-state index contributed by atoms with van der Waals surface area (Å²) in [5, 5.41) is 3.14. The second-order valence-electron chi connectivity index (χ2n) is 4.64. The van der Waals surface area contributed by atoms with E-state index in [0.29, 0.717) is 11.3 Å². The van der Waals surface area contributed by atoms with Crippen LogP contribution in [0.25, 0.3) is 0 Å². The van der Waals surface area contributed by atoms with Gasteiger partial charge in [-0.2, -0.15) is 0 Å². The van der Waals surface area contributed by atoms with Crippen molar-refractivity contribution in [3.05, 3.63) is 29.6 Å². The lowest BCUT2D eigenvalue weighted by Crippen LogP contribution is -2.32. The molecule has 100 valence electrons. The maximum absolute atomic E-state index is 13.1. The highest BCUT2D eigenvalue weighted by Gasteiger charge is 2.22. The quantitative estimate of drug-likeness (QED) is 0.876. The predicted octanol–water partition coefficient (Wildman–Crippen LogP) is 1.63. The molecule has 2 rings (SSSR count). The van der Waals surface area contributed by atoms with Crippen LogP contribution >= 0.6 is 0 Å². The Kier molecular flexibility index (Phi) is 3.87. The van der Waals surface area contributed by atoms with Crippen LogP contribution in [0.1, 0.15) is 18.4 Å². The van der Waals surface area contributed by atoms with E-state index in [0.717, 1.165) is 19.4 Å². The van der Waals surface area contributed by atoms with Crippen LogP contribution in [0.4, 0.5) is 10.1 Å². The van der Waals surface area contributed by atoms with Crippen molar-refractivity contribution >= 4 is 15.7 Å². The van der Waals surface area contributed by atoms with E-state index < -0.39 is 10.0 Å². The van der Waals surface area contributed by atoms with Gasteiger partial charge in [-0.25, -0.2) is 12.8 Å². The molecule has 1 heterocycles. The Balaban J connectivity index is 2.04. The van der Waals surface area contributed by atoms with Crippen LogP contribution in [0.2, 0.25) is 0 Å². The molecular weight excluding hydrogens is 255 g/mol. The summed E-state index contributed by atoms with van der Waals surface area (Å²) in [6.07, 6.45) is 1.89. The van der Waals surface area contributed by atoms with Crippen molar-refractivity contribution in [3.63, 3.8) is 0 Å². The fourth-order valence-electron chi connectivity index (χ4n) is 2.09. The number of benzene rings is 1. The number of sulfonamides is 1. The van der Waals surface area contributed by atoms with Gasteiger partial charge in [-0.05, 0) is 50.1 Å². The Morgan fingerprint density at radius 2 is 2.28 bits per heavy atom. The van der Waals surface area contributed by atoms with Crippen LogP contribution < -0.4 is 10.0 Å². The molecule has 18 heavy (non-hydrogen) atoms. The number of hydrogen-bond acceptors (Lipinski definition) is 3. The summed E-state index contributed by atoms with van der Waals surface area (Å²) < 4.78 is 39.4. The van der Waals surface area contributed by atoms with Gasteiger partial charge in [0.15, 0.2) is 0 Å². The molecule has 0 saturated carbocycles. The maximum atomic E-state index is 13.1. The number of rotatable bonds is 4. The number of nitrogens with one attached hydrogen (secondary N) is 2. The third-order valence-corrected chi connectivity index (χ3v) is 4.40. The summed E-state index contributed by atoms with van der Waals surface area (Å²) in [7, 11) is -3.38. The molecule has 4 nitrogen and oxygen atoms in total. The molecule has 1 aliphatic heterocycles. The van der Waals surface area contributed by atoms with Gasteiger partial charge in [0, 0.05) is 11.7 Å². The van der Waals surface area contributed by atoms with Gasteiger partial charge in [0.05, 0.1) is 5.75 Å². The van der Waals surface area contributed by atoms with Crippen LogP contribution in [0.5, 0.6) is 0 Å². The van der Waals surface area contributed by atoms with Crippen molar-refractivity contribution < 1.29 is 12.8 Å². The Hall–Kier alpha value is -1.14. The highest BCUT2D eigenvalue weighted by molar-refractivity contribution is 7.92. The third-order valence-electron chi connectivity index (χ3n) is 3.01. The van der Waals surface area contributed by atoms with Crippen molar-refractivity contribution in [2.24, 2.45) is 0 Å². The summed E-state index contributed by atoms with van der Waals surface area (Å²) >= 11 is 0. The molecule has 0 amide bonds. The zero-order chi connectivity index (χ0) is 13.2. The van der Waals surface area contributed by atoms with Gasteiger partial charge in [-0.1, -0.05) is 0 Å². The minimum atomic E-state index is -3.38. The molecule has 1 atom stereocenters. The molecule has 6 heteroatoms. The molecule has 1 aromatic carbocycles. The van der Waals surface area contributed by atoms with E-state index in [1.807, 2.05) is 0 Å². The highest BCUT2D eigenvalue weighted by atomic mass is 32.2. The van der Waals surface area contributed by atoms with Crippen LogP contribution in [-0.2, 0) is 10.0 Å². The van der Waals surface area contributed by atoms with E-state index in [2.05, 4.69) is 10.0 Å². The second kappa shape index (κ2) is 5.24. The zero-order valence-corrected chi connectivity index (χ0v) is 11.1. The first-order valence-corrected chi connectivity index (χ1v) is 7.61. The number of anilines is 1. The number of hydrogen-bond donors (Lipinski definition) is 2. The highest BCUT2D eigenvalue weighted by Crippen LogP contribution is 2.16. The monoisotopic (exact) mass is 272 g/mol. The Bertz CT molecular complexity index is 525. The maximum Gasteiger partial charge on any atom is 0.234 e. The molecule has 0 spiro atoms. The second-order valence-corrected chi connectivity index (χ2v) is 6.41. The van der Waals surface area contributed by atoms with E-state index in [4.69, 9.17) is 0 Å². The molecule has 0 aromatic heterocycles. The van der Waals surface area contributed by atoms with Gasteiger partial charge in [0.25, 0.3) is 0 Å². The van der Waals surface area contributed by atoms with Gasteiger partial charge < -0.3 is 5.32 Å². The van der Waals surface area contributed by atoms with Gasteiger partial charge in [0.2, 0.25) is 10.0 Å². The molecule has 0 aliphatic carbocycles. The van der Waals surface area contributed by atoms with Gasteiger partial charge in [0.1, 0.15) is 5.82 Å². The number of halogens is 1. The van der Waals surface area contributed by atoms with E-state index in [1.165, 1.54) is 18.2 Å².